The lowest BCUT2D eigenvalue weighted by Gasteiger charge is -2.18. The number of ether oxygens (including phenoxy) is 1. The fraction of sp³-hybridized carbons (Fsp3) is 0.263. The molecule has 24 heavy (non-hydrogen) atoms. The number of carbonyl (C=O) groups is 2. The first-order valence-electron chi connectivity index (χ1n) is 7.93. The number of amides is 1. The van der Waals surface area contributed by atoms with Gasteiger partial charge in [-0.1, -0.05) is 42.5 Å². The third-order valence-electron chi connectivity index (χ3n) is 3.86. The van der Waals surface area contributed by atoms with E-state index in [-0.39, 0.29) is 18.6 Å². The van der Waals surface area contributed by atoms with Crippen molar-refractivity contribution in [3.8, 4) is 0 Å². The zero-order valence-corrected chi connectivity index (χ0v) is 13.1. The third-order valence-corrected chi connectivity index (χ3v) is 3.86. The van der Waals surface area contributed by atoms with Crippen molar-refractivity contribution < 1.29 is 19.4 Å². The van der Waals surface area contributed by atoms with Gasteiger partial charge in [-0.2, -0.15) is 0 Å². The number of nitrogens with one attached hydrogen (secondary N) is 1. The van der Waals surface area contributed by atoms with Gasteiger partial charge in [-0.15, -0.1) is 0 Å². The zero-order chi connectivity index (χ0) is 16.9. The van der Waals surface area contributed by atoms with Crippen molar-refractivity contribution in [3.63, 3.8) is 0 Å². The molecule has 0 spiro atoms. The molecule has 0 aliphatic heterocycles. The van der Waals surface area contributed by atoms with Crippen LogP contribution >= 0.6 is 0 Å². The summed E-state index contributed by atoms with van der Waals surface area (Å²) in [6, 6.07) is 15.6. The van der Waals surface area contributed by atoms with Crippen LogP contribution in [-0.4, -0.2) is 23.0 Å². The van der Waals surface area contributed by atoms with Gasteiger partial charge in [0.25, 0.3) is 5.91 Å². The highest BCUT2D eigenvalue weighted by Crippen LogP contribution is 2.24. The number of esters is 1. The molecule has 1 fully saturated rings. The van der Waals surface area contributed by atoms with Crippen molar-refractivity contribution in [3.05, 3.63) is 71.3 Å². The molecule has 124 valence electrons. The molecule has 0 unspecified atom stereocenters. The fourth-order valence-electron chi connectivity index (χ4n) is 2.33. The van der Waals surface area contributed by atoms with Crippen LogP contribution in [0.5, 0.6) is 0 Å². The second-order valence-electron chi connectivity index (χ2n) is 5.83. The van der Waals surface area contributed by atoms with Gasteiger partial charge in [-0.25, -0.2) is 4.79 Å². The third kappa shape index (κ3) is 4.00. The number of hydrogen-bond donors (Lipinski definition) is 2. The van der Waals surface area contributed by atoms with Gasteiger partial charge >= 0.3 is 5.97 Å². The van der Waals surface area contributed by atoms with E-state index in [4.69, 9.17) is 9.84 Å². The van der Waals surface area contributed by atoms with Gasteiger partial charge in [-0.3, -0.25) is 4.79 Å². The maximum atomic E-state index is 12.4. The van der Waals surface area contributed by atoms with E-state index < -0.39 is 12.1 Å². The predicted octanol–water partition coefficient (Wildman–Crippen LogP) is 2.36. The summed E-state index contributed by atoms with van der Waals surface area (Å²) in [6.45, 7) is -0.0915. The summed E-state index contributed by atoms with van der Waals surface area (Å²) in [5, 5.41) is 11.9. The molecule has 2 aromatic carbocycles. The minimum absolute atomic E-state index is 0.0915. The topological polar surface area (TPSA) is 75.6 Å². The van der Waals surface area contributed by atoms with E-state index in [9.17, 15) is 9.59 Å². The lowest BCUT2D eigenvalue weighted by molar-refractivity contribution is -0.130. The Balaban J connectivity index is 1.77. The maximum absolute atomic E-state index is 12.4. The first-order valence-corrected chi connectivity index (χ1v) is 7.93. The lowest BCUT2D eigenvalue weighted by Crippen LogP contribution is -2.33. The largest absolute Gasteiger partial charge is 0.444 e. The summed E-state index contributed by atoms with van der Waals surface area (Å²) in [4.78, 5) is 24.8. The Labute approximate surface area is 140 Å². The molecule has 5 nitrogen and oxygen atoms in total. The Kier molecular flexibility index (Phi) is 4.91. The van der Waals surface area contributed by atoms with Crippen LogP contribution in [0.15, 0.2) is 54.6 Å². The van der Waals surface area contributed by atoms with Gasteiger partial charge in [0.2, 0.25) is 6.10 Å². The van der Waals surface area contributed by atoms with Crippen LogP contribution in [0.1, 0.15) is 40.4 Å². The monoisotopic (exact) mass is 325 g/mol. The van der Waals surface area contributed by atoms with Gasteiger partial charge in [0.1, 0.15) is 0 Å². The summed E-state index contributed by atoms with van der Waals surface area (Å²) >= 11 is 0. The standard InChI is InChI=1S/C19H19NO4/c21-12-13-6-8-15(9-7-13)19(23)24-17(14-4-2-1-3-5-14)18(22)20-16-10-11-16/h1-9,16-17,21H,10-12H2,(H,20,22)/t17-/m0/s1. The quantitative estimate of drug-likeness (QED) is 0.800. The molecule has 0 bridgehead atoms. The van der Waals surface area contributed by atoms with Crippen LogP contribution in [0.25, 0.3) is 0 Å². The molecule has 3 rings (SSSR count). The van der Waals surface area contributed by atoms with Crippen LogP contribution in [0.4, 0.5) is 0 Å². The average Bonchev–Trinajstić information content (AvgIpc) is 3.44. The lowest BCUT2D eigenvalue weighted by atomic mass is 10.1. The summed E-state index contributed by atoms with van der Waals surface area (Å²) in [7, 11) is 0. The summed E-state index contributed by atoms with van der Waals surface area (Å²) in [6.07, 6.45) is 0.949. The average molecular weight is 325 g/mol. The highest BCUT2D eigenvalue weighted by molar-refractivity contribution is 5.92. The molecular formula is C19H19NO4. The number of aliphatic hydroxyl groups excluding tert-OH is 1. The molecule has 0 radical (unpaired) electrons. The first kappa shape index (κ1) is 16.2. The Morgan fingerprint density at radius 3 is 2.33 bits per heavy atom. The van der Waals surface area contributed by atoms with Crippen LogP contribution in [0.3, 0.4) is 0 Å². The Hall–Kier alpha value is -2.66. The summed E-state index contributed by atoms with van der Waals surface area (Å²) in [5.74, 6) is -0.872. The van der Waals surface area contributed by atoms with E-state index in [1.165, 1.54) is 0 Å². The molecule has 5 heteroatoms. The molecule has 1 aliphatic rings. The predicted molar refractivity (Wildman–Crippen MR) is 88.1 cm³/mol. The Morgan fingerprint density at radius 2 is 1.75 bits per heavy atom. The molecule has 1 aliphatic carbocycles. The second-order valence-corrected chi connectivity index (χ2v) is 5.83. The van der Waals surface area contributed by atoms with Gasteiger partial charge in [-0.05, 0) is 30.5 Å². The summed E-state index contributed by atoms with van der Waals surface area (Å²) in [5.41, 5.74) is 1.68. The van der Waals surface area contributed by atoms with Crippen LogP contribution in [0, 0.1) is 0 Å². The van der Waals surface area contributed by atoms with Gasteiger partial charge in [0.15, 0.2) is 0 Å². The van der Waals surface area contributed by atoms with E-state index in [0.29, 0.717) is 16.7 Å². The van der Waals surface area contributed by atoms with Gasteiger partial charge < -0.3 is 15.2 Å². The highest BCUT2D eigenvalue weighted by atomic mass is 16.5. The van der Waals surface area contributed by atoms with Crippen molar-refractivity contribution in [1.82, 2.24) is 5.32 Å². The molecule has 2 N–H and O–H groups in total. The van der Waals surface area contributed by atoms with Crippen molar-refractivity contribution in [1.29, 1.82) is 0 Å². The van der Waals surface area contributed by atoms with E-state index in [1.54, 1.807) is 48.5 Å². The molecule has 0 saturated heterocycles. The molecule has 1 atom stereocenters. The van der Waals surface area contributed by atoms with E-state index in [1.807, 2.05) is 6.07 Å². The van der Waals surface area contributed by atoms with Gasteiger partial charge in [0, 0.05) is 11.6 Å². The number of carbonyl (C=O) groups excluding carboxylic acids is 2. The Morgan fingerprint density at radius 1 is 1.08 bits per heavy atom. The van der Waals surface area contributed by atoms with Crippen LogP contribution < -0.4 is 5.32 Å². The minimum atomic E-state index is -0.975. The molecule has 0 heterocycles. The van der Waals surface area contributed by atoms with Crippen molar-refractivity contribution >= 4 is 11.9 Å². The van der Waals surface area contributed by atoms with Crippen LogP contribution in [0.2, 0.25) is 0 Å². The SMILES string of the molecule is O=C(O[C@H](C(=O)NC1CC1)c1ccccc1)c1ccc(CO)cc1. The van der Waals surface area contributed by atoms with Crippen LogP contribution in [-0.2, 0) is 16.1 Å². The number of hydrogen-bond acceptors (Lipinski definition) is 4. The highest BCUT2D eigenvalue weighted by Gasteiger charge is 2.31. The fourth-order valence-corrected chi connectivity index (χ4v) is 2.33. The number of aliphatic hydroxyl groups is 1. The zero-order valence-electron chi connectivity index (χ0n) is 13.1. The maximum Gasteiger partial charge on any atom is 0.339 e. The minimum Gasteiger partial charge on any atom is -0.444 e. The summed E-state index contributed by atoms with van der Waals surface area (Å²) < 4.78 is 5.47. The van der Waals surface area contributed by atoms with E-state index in [2.05, 4.69) is 5.32 Å². The molecule has 1 saturated carbocycles. The second kappa shape index (κ2) is 7.27. The first-order chi connectivity index (χ1) is 11.7. The van der Waals surface area contributed by atoms with Crippen molar-refractivity contribution in [2.24, 2.45) is 0 Å². The molecule has 1 amide bonds. The molecular weight excluding hydrogens is 306 g/mol. The van der Waals surface area contributed by atoms with E-state index in [0.717, 1.165) is 12.8 Å². The number of benzene rings is 2. The van der Waals surface area contributed by atoms with Crippen molar-refractivity contribution in [2.45, 2.75) is 31.6 Å². The van der Waals surface area contributed by atoms with E-state index >= 15 is 0 Å². The Bertz CT molecular complexity index is 708. The van der Waals surface area contributed by atoms with Crippen molar-refractivity contribution in [2.75, 3.05) is 0 Å². The molecule has 0 aromatic heterocycles. The molecule has 2 aromatic rings. The number of rotatable bonds is 6. The smallest absolute Gasteiger partial charge is 0.339 e. The normalized spacial score (nSPS) is 14.7. The van der Waals surface area contributed by atoms with Gasteiger partial charge in [0.05, 0.1) is 12.2 Å².